The molecule has 0 fully saturated rings. The molecule has 0 radical (unpaired) electrons. The number of hydrogen-bond donors (Lipinski definition) is 2. The lowest BCUT2D eigenvalue weighted by molar-refractivity contribution is -0.138. The van der Waals surface area contributed by atoms with Crippen LogP contribution in [0, 0.1) is 20.8 Å². The van der Waals surface area contributed by atoms with Crippen molar-refractivity contribution >= 4 is 17.6 Å². The maximum Gasteiger partial charge on any atom is 0.312 e. The van der Waals surface area contributed by atoms with E-state index in [4.69, 9.17) is 22.1 Å². The van der Waals surface area contributed by atoms with E-state index in [1.807, 2.05) is 13.8 Å². The minimum absolute atomic E-state index is 0.00532. The molecule has 1 atom stereocenters. The second-order valence-corrected chi connectivity index (χ2v) is 4.64. The molecule has 100 valence electrons. The summed E-state index contributed by atoms with van der Waals surface area (Å²) in [4.78, 5) is 11.3. The van der Waals surface area contributed by atoms with E-state index in [0.717, 1.165) is 16.7 Å². The van der Waals surface area contributed by atoms with Gasteiger partial charge in [-0.2, -0.15) is 0 Å². The SMILES string of the molecule is COc1c(C)c(C)c(Cl)c(C)c1C(CN)C(=O)O. The van der Waals surface area contributed by atoms with E-state index < -0.39 is 11.9 Å². The molecule has 0 saturated heterocycles. The first kappa shape index (κ1) is 14.8. The molecule has 0 aliphatic heterocycles. The molecule has 0 bridgehead atoms. The number of ether oxygens (including phenoxy) is 1. The number of hydrogen-bond acceptors (Lipinski definition) is 3. The molecule has 0 aliphatic rings. The van der Waals surface area contributed by atoms with Crippen LogP contribution in [0.4, 0.5) is 0 Å². The summed E-state index contributed by atoms with van der Waals surface area (Å²) in [6, 6.07) is 0. The van der Waals surface area contributed by atoms with Crippen molar-refractivity contribution in [1.82, 2.24) is 0 Å². The third kappa shape index (κ3) is 2.31. The van der Waals surface area contributed by atoms with Crippen molar-refractivity contribution in [2.45, 2.75) is 26.7 Å². The van der Waals surface area contributed by atoms with Gasteiger partial charge in [0.25, 0.3) is 0 Å². The third-order valence-corrected chi connectivity index (χ3v) is 3.86. The number of nitrogens with two attached hydrogens (primary N) is 1. The maximum atomic E-state index is 11.3. The van der Waals surface area contributed by atoms with Gasteiger partial charge in [0.05, 0.1) is 13.0 Å². The van der Waals surface area contributed by atoms with Gasteiger partial charge in [-0.25, -0.2) is 0 Å². The van der Waals surface area contributed by atoms with Crippen LogP contribution >= 0.6 is 11.6 Å². The van der Waals surface area contributed by atoms with E-state index in [9.17, 15) is 9.90 Å². The molecular weight excluding hydrogens is 254 g/mol. The predicted molar refractivity (Wildman–Crippen MR) is 71.6 cm³/mol. The molecule has 1 rings (SSSR count). The van der Waals surface area contributed by atoms with Crippen LogP contribution in [0.2, 0.25) is 5.02 Å². The summed E-state index contributed by atoms with van der Waals surface area (Å²) >= 11 is 6.23. The molecular formula is C13H18ClNO3. The summed E-state index contributed by atoms with van der Waals surface area (Å²) in [6.07, 6.45) is 0. The maximum absolute atomic E-state index is 11.3. The number of carboxylic acids is 1. The van der Waals surface area contributed by atoms with Gasteiger partial charge in [-0.1, -0.05) is 11.6 Å². The van der Waals surface area contributed by atoms with Gasteiger partial charge in [0.15, 0.2) is 0 Å². The Morgan fingerprint density at radius 1 is 1.33 bits per heavy atom. The molecule has 4 nitrogen and oxygen atoms in total. The number of carbonyl (C=O) groups is 1. The average Bonchev–Trinajstić information content (AvgIpc) is 2.33. The zero-order valence-corrected chi connectivity index (χ0v) is 11.8. The van der Waals surface area contributed by atoms with E-state index in [0.29, 0.717) is 16.3 Å². The van der Waals surface area contributed by atoms with Crippen LogP contribution in [0.15, 0.2) is 0 Å². The summed E-state index contributed by atoms with van der Waals surface area (Å²) in [5.74, 6) is -1.22. The molecule has 0 aromatic heterocycles. The van der Waals surface area contributed by atoms with Crippen LogP contribution in [-0.4, -0.2) is 24.7 Å². The second-order valence-electron chi connectivity index (χ2n) is 4.26. The molecule has 1 unspecified atom stereocenters. The lowest BCUT2D eigenvalue weighted by atomic mass is 9.89. The molecule has 3 N–H and O–H groups in total. The van der Waals surface area contributed by atoms with Crippen molar-refractivity contribution in [3.8, 4) is 5.75 Å². The molecule has 18 heavy (non-hydrogen) atoms. The highest BCUT2D eigenvalue weighted by molar-refractivity contribution is 6.32. The van der Waals surface area contributed by atoms with Crippen LogP contribution in [0.5, 0.6) is 5.75 Å². The van der Waals surface area contributed by atoms with Gasteiger partial charge in [0, 0.05) is 17.1 Å². The average molecular weight is 272 g/mol. The monoisotopic (exact) mass is 271 g/mol. The van der Waals surface area contributed by atoms with Crippen LogP contribution in [-0.2, 0) is 4.79 Å². The quantitative estimate of drug-likeness (QED) is 0.882. The standard InChI is InChI=1S/C13H18ClNO3/c1-6-7(2)12(18-4)10(8(3)11(6)14)9(5-15)13(16)17/h9H,5,15H2,1-4H3,(H,16,17). The predicted octanol–water partition coefficient (Wildman–Crippen LogP) is 2.40. The highest BCUT2D eigenvalue weighted by Gasteiger charge is 2.27. The summed E-state index contributed by atoms with van der Waals surface area (Å²) < 4.78 is 5.35. The minimum Gasteiger partial charge on any atom is -0.496 e. The van der Waals surface area contributed by atoms with Crippen molar-refractivity contribution in [3.05, 3.63) is 27.3 Å². The Morgan fingerprint density at radius 3 is 2.28 bits per heavy atom. The van der Waals surface area contributed by atoms with Crippen LogP contribution in [0.25, 0.3) is 0 Å². The molecule has 0 heterocycles. The Labute approximate surface area is 112 Å². The van der Waals surface area contributed by atoms with Gasteiger partial charge in [0.2, 0.25) is 0 Å². The topological polar surface area (TPSA) is 72.5 Å². The van der Waals surface area contributed by atoms with Gasteiger partial charge in [-0.05, 0) is 37.5 Å². The summed E-state index contributed by atoms with van der Waals surface area (Å²) in [5.41, 5.74) is 8.59. The zero-order valence-electron chi connectivity index (χ0n) is 11.0. The number of halogens is 1. The second kappa shape index (κ2) is 5.59. The molecule has 5 heteroatoms. The highest BCUT2D eigenvalue weighted by Crippen LogP contribution is 2.39. The van der Waals surface area contributed by atoms with Crippen LogP contribution in [0.3, 0.4) is 0 Å². The van der Waals surface area contributed by atoms with E-state index in [-0.39, 0.29) is 6.54 Å². The number of carboxylic acid groups (broad SMARTS) is 1. The lowest BCUT2D eigenvalue weighted by Crippen LogP contribution is -2.23. The van der Waals surface area contributed by atoms with Gasteiger partial charge >= 0.3 is 5.97 Å². The summed E-state index contributed by atoms with van der Waals surface area (Å²) in [7, 11) is 1.52. The largest absolute Gasteiger partial charge is 0.496 e. The molecule has 0 aliphatic carbocycles. The van der Waals surface area contributed by atoms with E-state index in [1.165, 1.54) is 7.11 Å². The number of benzene rings is 1. The van der Waals surface area contributed by atoms with Gasteiger partial charge < -0.3 is 15.6 Å². The summed E-state index contributed by atoms with van der Waals surface area (Å²) in [5, 5.41) is 9.82. The van der Waals surface area contributed by atoms with Gasteiger partial charge in [-0.3, -0.25) is 4.79 Å². The molecule has 0 saturated carbocycles. The van der Waals surface area contributed by atoms with Crippen molar-refractivity contribution in [3.63, 3.8) is 0 Å². The minimum atomic E-state index is -0.974. The Bertz CT molecular complexity index is 486. The molecule has 1 aromatic rings. The van der Waals surface area contributed by atoms with E-state index in [2.05, 4.69) is 0 Å². The first-order valence-corrected chi connectivity index (χ1v) is 6.00. The van der Waals surface area contributed by atoms with Crippen molar-refractivity contribution in [1.29, 1.82) is 0 Å². The fourth-order valence-corrected chi connectivity index (χ4v) is 2.38. The zero-order chi connectivity index (χ0) is 14.0. The summed E-state index contributed by atoms with van der Waals surface area (Å²) in [6.45, 7) is 5.54. The van der Waals surface area contributed by atoms with E-state index >= 15 is 0 Å². The van der Waals surface area contributed by atoms with Crippen LogP contribution in [0.1, 0.15) is 28.2 Å². The third-order valence-electron chi connectivity index (χ3n) is 3.30. The van der Waals surface area contributed by atoms with Gasteiger partial charge in [0.1, 0.15) is 5.75 Å². The Balaban J connectivity index is 3.65. The van der Waals surface area contributed by atoms with Crippen LogP contribution < -0.4 is 10.5 Å². The van der Waals surface area contributed by atoms with Crippen molar-refractivity contribution < 1.29 is 14.6 Å². The Morgan fingerprint density at radius 2 is 1.89 bits per heavy atom. The highest BCUT2D eigenvalue weighted by atomic mass is 35.5. The van der Waals surface area contributed by atoms with Crippen molar-refractivity contribution in [2.24, 2.45) is 5.73 Å². The fourth-order valence-electron chi connectivity index (χ4n) is 2.13. The lowest BCUT2D eigenvalue weighted by Gasteiger charge is -2.22. The number of rotatable bonds is 4. The fraction of sp³-hybridized carbons (Fsp3) is 0.462. The molecule has 0 amide bonds. The normalized spacial score (nSPS) is 12.3. The first-order chi connectivity index (χ1) is 8.36. The van der Waals surface area contributed by atoms with Crippen molar-refractivity contribution in [2.75, 3.05) is 13.7 Å². The Hall–Kier alpha value is -1.26. The molecule has 1 aromatic carbocycles. The van der Waals surface area contributed by atoms with Gasteiger partial charge in [-0.15, -0.1) is 0 Å². The number of methoxy groups -OCH3 is 1. The number of aliphatic carboxylic acids is 1. The molecule has 0 spiro atoms. The van der Waals surface area contributed by atoms with E-state index in [1.54, 1.807) is 6.92 Å². The first-order valence-electron chi connectivity index (χ1n) is 5.62. The smallest absolute Gasteiger partial charge is 0.312 e. The Kier molecular flexibility index (Phi) is 4.59.